The molecule has 0 unspecified atom stereocenters. The van der Waals surface area contributed by atoms with Crippen molar-refractivity contribution in [2.24, 2.45) is 5.92 Å². The zero-order valence-corrected chi connectivity index (χ0v) is 17.1. The maximum absolute atomic E-state index is 11.6. The quantitative estimate of drug-likeness (QED) is 0.772. The van der Waals surface area contributed by atoms with Crippen molar-refractivity contribution in [1.29, 1.82) is 0 Å². The van der Waals surface area contributed by atoms with Gasteiger partial charge in [0, 0.05) is 39.3 Å². The minimum atomic E-state index is 0.0114. The van der Waals surface area contributed by atoms with Crippen LogP contribution in [0.4, 0.5) is 5.69 Å². The highest BCUT2D eigenvalue weighted by molar-refractivity contribution is 6.33. The Labute approximate surface area is 168 Å². The third-order valence-corrected chi connectivity index (χ3v) is 6.23. The number of benzene rings is 1. The lowest BCUT2D eigenvalue weighted by Gasteiger charge is -2.37. The second-order valence-corrected chi connectivity index (χ2v) is 8.19. The summed E-state index contributed by atoms with van der Waals surface area (Å²) in [6.45, 7) is 5.65. The van der Waals surface area contributed by atoms with Crippen LogP contribution in [0.1, 0.15) is 32.1 Å². The van der Waals surface area contributed by atoms with Crippen molar-refractivity contribution in [3.05, 3.63) is 29.3 Å². The molecular weight excluding hydrogens is 362 g/mol. The molecule has 0 aromatic heterocycles. The van der Waals surface area contributed by atoms with E-state index in [1.807, 2.05) is 12.1 Å². The Kier molecular flexibility index (Phi) is 7.80. The zero-order valence-electron chi connectivity index (χ0n) is 16.3. The van der Waals surface area contributed by atoms with Gasteiger partial charge in [0.2, 0.25) is 5.91 Å². The van der Waals surface area contributed by atoms with E-state index in [0.29, 0.717) is 6.04 Å². The molecule has 1 N–H and O–H groups in total. The number of nitrogens with zero attached hydrogens (tertiary/aromatic N) is 2. The van der Waals surface area contributed by atoms with Gasteiger partial charge in [-0.1, -0.05) is 23.7 Å². The van der Waals surface area contributed by atoms with E-state index in [2.05, 4.69) is 27.2 Å². The maximum Gasteiger partial charge on any atom is 0.246 e. The standard InChI is InChI=1S/C21H32ClN3O2/c1-27-16-21(26)23-18-8-6-17(7-9-18)10-11-24-12-14-25(15-13-24)20-5-3-2-4-19(20)22/h2-5,17-18H,6-16H2,1H3,(H,23,26). The van der Waals surface area contributed by atoms with Gasteiger partial charge in [-0.05, 0) is 56.7 Å². The largest absolute Gasteiger partial charge is 0.375 e. The minimum absolute atomic E-state index is 0.0114. The summed E-state index contributed by atoms with van der Waals surface area (Å²) in [6, 6.07) is 8.46. The number of ether oxygens (including phenoxy) is 1. The second-order valence-electron chi connectivity index (χ2n) is 7.79. The number of amides is 1. The molecule has 6 heteroatoms. The Bertz CT molecular complexity index is 597. The average Bonchev–Trinajstić information content (AvgIpc) is 2.68. The predicted molar refractivity (Wildman–Crippen MR) is 110 cm³/mol. The first-order valence-corrected chi connectivity index (χ1v) is 10.5. The van der Waals surface area contributed by atoms with Crippen molar-refractivity contribution in [2.75, 3.05) is 51.3 Å². The molecule has 2 fully saturated rings. The van der Waals surface area contributed by atoms with E-state index in [4.69, 9.17) is 16.3 Å². The number of carbonyl (C=O) groups excluding carboxylic acids is 1. The summed E-state index contributed by atoms with van der Waals surface area (Å²) in [4.78, 5) is 16.6. The van der Waals surface area contributed by atoms with Gasteiger partial charge in [0.05, 0.1) is 10.7 Å². The van der Waals surface area contributed by atoms with Gasteiger partial charge in [0.25, 0.3) is 0 Å². The normalized spacial score (nSPS) is 24.0. The van der Waals surface area contributed by atoms with Crippen molar-refractivity contribution in [3.63, 3.8) is 0 Å². The van der Waals surface area contributed by atoms with Crippen LogP contribution < -0.4 is 10.2 Å². The van der Waals surface area contributed by atoms with Gasteiger partial charge in [0.1, 0.15) is 6.61 Å². The van der Waals surface area contributed by atoms with Gasteiger partial charge in [-0.15, -0.1) is 0 Å². The maximum atomic E-state index is 11.6. The van der Waals surface area contributed by atoms with Gasteiger partial charge < -0.3 is 15.0 Å². The molecule has 1 aromatic rings. The molecule has 0 bridgehead atoms. The summed E-state index contributed by atoms with van der Waals surface area (Å²) in [5.41, 5.74) is 1.16. The van der Waals surface area contributed by atoms with Crippen LogP contribution >= 0.6 is 11.6 Å². The smallest absolute Gasteiger partial charge is 0.246 e. The van der Waals surface area contributed by atoms with Crippen LogP contribution in [0.3, 0.4) is 0 Å². The van der Waals surface area contributed by atoms with Crippen molar-refractivity contribution in [3.8, 4) is 0 Å². The fourth-order valence-corrected chi connectivity index (χ4v) is 4.54. The van der Waals surface area contributed by atoms with E-state index >= 15 is 0 Å². The van der Waals surface area contributed by atoms with Crippen LogP contribution in [0.25, 0.3) is 0 Å². The number of hydrogen-bond acceptors (Lipinski definition) is 4. The van der Waals surface area contributed by atoms with Gasteiger partial charge in [-0.2, -0.15) is 0 Å². The van der Waals surface area contributed by atoms with Crippen LogP contribution in [0, 0.1) is 5.92 Å². The van der Waals surface area contributed by atoms with Crippen LogP contribution in [-0.2, 0) is 9.53 Å². The van der Waals surface area contributed by atoms with Gasteiger partial charge >= 0.3 is 0 Å². The Morgan fingerprint density at radius 3 is 2.52 bits per heavy atom. The summed E-state index contributed by atoms with van der Waals surface area (Å²) in [5.74, 6) is 0.805. The Balaban J connectivity index is 1.33. The second kappa shape index (κ2) is 10.3. The Hall–Kier alpha value is -1.30. The summed E-state index contributed by atoms with van der Waals surface area (Å²) < 4.78 is 4.89. The van der Waals surface area contributed by atoms with E-state index in [9.17, 15) is 4.79 Å². The van der Waals surface area contributed by atoms with Crippen molar-refractivity contribution < 1.29 is 9.53 Å². The molecule has 1 aliphatic heterocycles. The molecule has 1 aromatic carbocycles. The first-order valence-electron chi connectivity index (χ1n) is 10.2. The number of hydrogen-bond donors (Lipinski definition) is 1. The molecule has 5 nitrogen and oxygen atoms in total. The number of anilines is 1. The molecule has 1 heterocycles. The fourth-order valence-electron chi connectivity index (χ4n) is 4.28. The van der Waals surface area contributed by atoms with Gasteiger partial charge in [-0.25, -0.2) is 0 Å². The topological polar surface area (TPSA) is 44.8 Å². The van der Waals surface area contributed by atoms with E-state index < -0.39 is 0 Å². The molecular formula is C21H32ClN3O2. The number of halogens is 1. The lowest BCUT2D eigenvalue weighted by atomic mass is 9.84. The molecule has 0 atom stereocenters. The van der Waals surface area contributed by atoms with Gasteiger partial charge in [-0.3, -0.25) is 9.69 Å². The van der Waals surface area contributed by atoms with Crippen LogP contribution in [0.15, 0.2) is 24.3 Å². The molecule has 1 amide bonds. The van der Waals surface area contributed by atoms with E-state index in [0.717, 1.165) is 55.6 Å². The highest BCUT2D eigenvalue weighted by Crippen LogP contribution is 2.28. The van der Waals surface area contributed by atoms with Crippen LogP contribution in [0.5, 0.6) is 0 Å². The summed E-state index contributed by atoms with van der Waals surface area (Å²) in [6.07, 6.45) is 5.90. The lowest BCUT2D eigenvalue weighted by molar-refractivity contribution is -0.125. The van der Waals surface area contributed by atoms with E-state index in [1.54, 1.807) is 7.11 Å². The number of carbonyl (C=O) groups is 1. The molecule has 3 rings (SSSR count). The third kappa shape index (κ3) is 6.09. The number of methoxy groups -OCH3 is 1. The lowest BCUT2D eigenvalue weighted by Crippen LogP contribution is -2.47. The van der Waals surface area contributed by atoms with Crippen LogP contribution in [0.2, 0.25) is 5.02 Å². The number of nitrogens with one attached hydrogen (secondary N) is 1. The van der Waals surface area contributed by atoms with Gasteiger partial charge in [0.15, 0.2) is 0 Å². The first kappa shape index (κ1) is 20.4. The molecule has 150 valence electrons. The molecule has 2 aliphatic rings. The summed E-state index contributed by atoms with van der Waals surface area (Å²) in [5, 5.41) is 3.93. The summed E-state index contributed by atoms with van der Waals surface area (Å²) in [7, 11) is 1.56. The SMILES string of the molecule is COCC(=O)NC1CCC(CCN2CCN(c3ccccc3Cl)CC2)CC1. The zero-order chi connectivity index (χ0) is 19.1. The monoisotopic (exact) mass is 393 g/mol. The molecule has 0 radical (unpaired) electrons. The highest BCUT2D eigenvalue weighted by atomic mass is 35.5. The fraction of sp³-hybridized carbons (Fsp3) is 0.667. The first-order chi connectivity index (χ1) is 13.2. The Morgan fingerprint density at radius 2 is 1.85 bits per heavy atom. The Morgan fingerprint density at radius 1 is 1.15 bits per heavy atom. The predicted octanol–water partition coefficient (Wildman–Crippen LogP) is 3.17. The minimum Gasteiger partial charge on any atom is -0.375 e. The molecule has 0 spiro atoms. The van der Waals surface area contributed by atoms with E-state index in [-0.39, 0.29) is 12.5 Å². The van der Waals surface area contributed by atoms with Crippen molar-refractivity contribution in [1.82, 2.24) is 10.2 Å². The van der Waals surface area contributed by atoms with E-state index in [1.165, 1.54) is 25.8 Å². The number of piperazine rings is 1. The van der Waals surface area contributed by atoms with Crippen molar-refractivity contribution >= 4 is 23.2 Å². The number of rotatable bonds is 7. The molecule has 1 aliphatic carbocycles. The molecule has 1 saturated carbocycles. The average molecular weight is 394 g/mol. The molecule has 27 heavy (non-hydrogen) atoms. The molecule has 1 saturated heterocycles. The van der Waals surface area contributed by atoms with Crippen molar-refractivity contribution in [2.45, 2.75) is 38.1 Å². The van der Waals surface area contributed by atoms with Crippen LogP contribution in [-0.4, -0.2) is 63.3 Å². The third-order valence-electron chi connectivity index (χ3n) is 5.91. The summed E-state index contributed by atoms with van der Waals surface area (Å²) >= 11 is 6.33. The number of para-hydroxylation sites is 1. The highest BCUT2D eigenvalue weighted by Gasteiger charge is 2.24.